The maximum atomic E-state index is 4.68. The molecule has 1 heterocycles. The summed E-state index contributed by atoms with van der Waals surface area (Å²) < 4.78 is 0. The molecule has 0 N–H and O–H groups in total. The van der Waals surface area contributed by atoms with E-state index in [4.69, 9.17) is 0 Å². The second-order valence-electron chi connectivity index (χ2n) is 4.06. The van der Waals surface area contributed by atoms with Crippen LogP contribution in [0.5, 0.6) is 0 Å². The van der Waals surface area contributed by atoms with Crippen molar-refractivity contribution in [3.8, 4) is 11.3 Å². The predicted octanol–water partition coefficient (Wildman–Crippen LogP) is 3.61. The van der Waals surface area contributed by atoms with E-state index in [1.807, 2.05) is 48.7 Å². The molecule has 17 heavy (non-hydrogen) atoms. The number of hydrogen-bond donors (Lipinski definition) is 0. The third-order valence-corrected chi connectivity index (χ3v) is 2.84. The van der Waals surface area contributed by atoms with Crippen LogP contribution >= 0.6 is 0 Å². The Morgan fingerprint density at radius 2 is 1.71 bits per heavy atom. The van der Waals surface area contributed by atoms with Crippen molar-refractivity contribution in [3.05, 3.63) is 60.3 Å². The fourth-order valence-corrected chi connectivity index (χ4v) is 1.92. The molecule has 0 bridgehead atoms. The predicted molar refractivity (Wildman–Crippen MR) is 69.7 cm³/mol. The Morgan fingerprint density at radius 3 is 2.53 bits per heavy atom. The van der Waals surface area contributed by atoms with Gasteiger partial charge in [0.15, 0.2) is 0 Å². The average Bonchev–Trinajstić information content (AvgIpc) is 2.40. The van der Waals surface area contributed by atoms with Crippen LogP contribution in [0.3, 0.4) is 0 Å². The summed E-state index contributed by atoms with van der Waals surface area (Å²) in [7, 11) is 0. The lowest BCUT2D eigenvalue weighted by atomic mass is 10.1. The lowest BCUT2D eigenvalue weighted by molar-refractivity contribution is 1.27. The van der Waals surface area contributed by atoms with Gasteiger partial charge in [-0.25, -0.2) is 4.98 Å². The van der Waals surface area contributed by atoms with E-state index in [9.17, 15) is 0 Å². The summed E-state index contributed by atoms with van der Waals surface area (Å²) in [6, 6.07) is 16.2. The van der Waals surface area contributed by atoms with Gasteiger partial charge in [0.25, 0.3) is 0 Å². The van der Waals surface area contributed by atoms with E-state index in [1.54, 1.807) is 0 Å². The van der Waals surface area contributed by atoms with E-state index in [1.165, 1.54) is 0 Å². The Bertz CT molecular complexity index is 660. The van der Waals surface area contributed by atoms with Gasteiger partial charge in [0, 0.05) is 5.56 Å². The van der Waals surface area contributed by atoms with Crippen molar-refractivity contribution in [2.45, 2.75) is 6.92 Å². The molecule has 2 nitrogen and oxygen atoms in total. The van der Waals surface area contributed by atoms with Gasteiger partial charge in [-0.2, -0.15) is 0 Å². The summed E-state index contributed by atoms with van der Waals surface area (Å²) in [6.07, 6.45) is 1.83. The number of benzene rings is 2. The van der Waals surface area contributed by atoms with Crippen LogP contribution in [0.4, 0.5) is 0 Å². The number of nitrogens with zero attached hydrogens (tertiary/aromatic N) is 2. The first-order valence-corrected chi connectivity index (χ1v) is 5.62. The van der Waals surface area contributed by atoms with Gasteiger partial charge in [0.05, 0.1) is 22.9 Å². The van der Waals surface area contributed by atoms with E-state index < -0.39 is 0 Å². The molecule has 0 saturated carbocycles. The Balaban J connectivity index is 2.23. The van der Waals surface area contributed by atoms with Gasteiger partial charge < -0.3 is 0 Å². The molecule has 0 fully saturated rings. The van der Waals surface area contributed by atoms with Gasteiger partial charge in [-0.15, -0.1) is 0 Å². The van der Waals surface area contributed by atoms with Crippen LogP contribution in [0.2, 0.25) is 0 Å². The van der Waals surface area contributed by atoms with Gasteiger partial charge in [-0.05, 0) is 18.6 Å². The smallest absolute Gasteiger partial charge is 0.0923 e. The molecule has 0 atom stereocenters. The molecular weight excluding hydrogens is 208 g/mol. The maximum Gasteiger partial charge on any atom is 0.0923 e. The Morgan fingerprint density at radius 1 is 0.882 bits per heavy atom. The summed E-state index contributed by atoms with van der Waals surface area (Å²) in [5.74, 6) is 0. The molecule has 3 aromatic rings. The van der Waals surface area contributed by atoms with E-state index in [0.29, 0.717) is 0 Å². The number of aromatic nitrogens is 2. The normalized spacial score (nSPS) is 10.6. The first kappa shape index (κ1) is 9.97. The minimum absolute atomic E-state index is 0.924. The molecule has 2 heteroatoms. The number of hydrogen-bond acceptors (Lipinski definition) is 2. The van der Waals surface area contributed by atoms with E-state index in [0.717, 1.165) is 27.9 Å². The van der Waals surface area contributed by atoms with Crippen LogP contribution in [0.15, 0.2) is 54.7 Å². The number of fused-ring (bicyclic) bond motifs is 1. The van der Waals surface area contributed by atoms with Gasteiger partial charge in [0.1, 0.15) is 0 Å². The molecule has 0 radical (unpaired) electrons. The molecule has 3 rings (SSSR count). The van der Waals surface area contributed by atoms with E-state index >= 15 is 0 Å². The highest BCUT2D eigenvalue weighted by molar-refractivity contribution is 5.80. The zero-order chi connectivity index (χ0) is 11.7. The molecule has 82 valence electrons. The molecule has 0 aliphatic carbocycles. The third kappa shape index (κ3) is 1.78. The summed E-state index contributed by atoms with van der Waals surface area (Å²) in [4.78, 5) is 9.14. The van der Waals surface area contributed by atoms with E-state index in [-0.39, 0.29) is 0 Å². The van der Waals surface area contributed by atoms with Crippen molar-refractivity contribution >= 4 is 11.0 Å². The Kier molecular flexibility index (Phi) is 2.33. The Hall–Kier alpha value is -2.22. The molecule has 0 aliphatic rings. The van der Waals surface area contributed by atoms with Crippen molar-refractivity contribution in [3.63, 3.8) is 0 Å². The highest BCUT2D eigenvalue weighted by Gasteiger charge is 2.03. The van der Waals surface area contributed by atoms with Gasteiger partial charge in [-0.1, -0.05) is 42.5 Å². The first-order valence-electron chi connectivity index (χ1n) is 5.62. The monoisotopic (exact) mass is 220 g/mol. The van der Waals surface area contributed by atoms with Gasteiger partial charge in [-0.3, -0.25) is 4.98 Å². The summed E-state index contributed by atoms with van der Waals surface area (Å²) in [5, 5.41) is 0. The molecule has 1 aromatic heterocycles. The lowest BCUT2D eigenvalue weighted by Crippen LogP contribution is -1.90. The molecule has 0 amide bonds. The zero-order valence-corrected chi connectivity index (χ0v) is 9.59. The molecular formula is C15H12N2. The minimum Gasteiger partial charge on any atom is -0.252 e. The quantitative estimate of drug-likeness (QED) is 0.626. The standard InChI is InChI=1S/C15H12N2/c1-11-6-5-9-13-15(11)17-14(10-16-13)12-7-3-2-4-8-12/h2-10H,1H3. The molecule has 0 aliphatic heterocycles. The van der Waals surface area contributed by atoms with Crippen molar-refractivity contribution in [2.75, 3.05) is 0 Å². The second kappa shape index (κ2) is 3.98. The van der Waals surface area contributed by atoms with Crippen LogP contribution in [0.25, 0.3) is 22.3 Å². The first-order chi connectivity index (χ1) is 8.34. The van der Waals surface area contributed by atoms with Crippen LogP contribution in [0, 0.1) is 6.92 Å². The largest absolute Gasteiger partial charge is 0.252 e. The van der Waals surface area contributed by atoms with Crippen molar-refractivity contribution in [2.24, 2.45) is 0 Å². The topological polar surface area (TPSA) is 25.8 Å². The molecule has 0 saturated heterocycles. The van der Waals surface area contributed by atoms with Crippen LogP contribution in [-0.2, 0) is 0 Å². The third-order valence-electron chi connectivity index (χ3n) is 2.84. The summed E-state index contributed by atoms with van der Waals surface area (Å²) in [5.41, 5.74) is 5.11. The fourth-order valence-electron chi connectivity index (χ4n) is 1.92. The summed E-state index contributed by atoms with van der Waals surface area (Å²) >= 11 is 0. The van der Waals surface area contributed by atoms with E-state index in [2.05, 4.69) is 23.0 Å². The molecule has 0 unspecified atom stereocenters. The van der Waals surface area contributed by atoms with Gasteiger partial charge in [0.2, 0.25) is 0 Å². The molecule has 2 aromatic carbocycles. The summed E-state index contributed by atoms with van der Waals surface area (Å²) in [6.45, 7) is 2.06. The van der Waals surface area contributed by atoms with Crippen molar-refractivity contribution in [1.82, 2.24) is 9.97 Å². The average molecular weight is 220 g/mol. The number of rotatable bonds is 1. The number of aryl methyl sites for hydroxylation is 1. The van der Waals surface area contributed by atoms with Gasteiger partial charge >= 0.3 is 0 Å². The minimum atomic E-state index is 0.924. The zero-order valence-electron chi connectivity index (χ0n) is 9.59. The highest BCUT2D eigenvalue weighted by atomic mass is 14.8. The fraction of sp³-hybridized carbons (Fsp3) is 0.0667. The van der Waals surface area contributed by atoms with Crippen molar-refractivity contribution in [1.29, 1.82) is 0 Å². The van der Waals surface area contributed by atoms with Crippen LogP contribution in [-0.4, -0.2) is 9.97 Å². The van der Waals surface area contributed by atoms with Crippen molar-refractivity contribution < 1.29 is 0 Å². The maximum absolute atomic E-state index is 4.68. The second-order valence-corrected chi connectivity index (χ2v) is 4.06. The number of para-hydroxylation sites is 1. The highest BCUT2D eigenvalue weighted by Crippen LogP contribution is 2.20. The SMILES string of the molecule is Cc1cccc2ncc(-c3ccccc3)nc12. The van der Waals surface area contributed by atoms with Crippen LogP contribution < -0.4 is 0 Å². The Labute approximate surface area is 100.0 Å². The molecule has 0 spiro atoms. The lowest BCUT2D eigenvalue weighted by Gasteiger charge is -2.04. The van der Waals surface area contributed by atoms with Crippen LogP contribution in [0.1, 0.15) is 5.56 Å².